The van der Waals surface area contributed by atoms with E-state index in [9.17, 15) is 4.79 Å². The van der Waals surface area contributed by atoms with E-state index in [1.165, 1.54) is 7.11 Å². The number of aryl methyl sites for hydroxylation is 3. The molecule has 0 saturated carbocycles. The molecule has 0 saturated heterocycles. The molecule has 0 radical (unpaired) electrons. The highest BCUT2D eigenvalue weighted by molar-refractivity contribution is 5.96. The van der Waals surface area contributed by atoms with Crippen molar-refractivity contribution in [3.8, 4) is 17.6 Å². The fraction of sp³-hybridized carbons (Fsp3) is 0.304. The van der Waals surface area contributed by atoms with Crippen LogP contribution in [0.1, 0.15) is 27.9 Å². The lowest BCUT2D eigenvalue weighted by atomic mass is 10.0. The number of carbonyl (C=O) groups excluding carboxylic acids is 1. The smallest absolute Gasteiger partial charge is 0.337 e. The van der Waals surface area contributed by atoms with Crippen molar-refractivity contribution in [1.82, 2.24) is 4.57 Å². The van der Waals surface area contributed by atoms with Gasteiger partial charge in [-0.25, -0.2) is 4.79 Å². The number of carbonyl (C=O) groups is 1. The predicted molar refractivity (Wildman–Crippen MR) is 108 cm³/mol. The number of benzene rings is 2. The summed E-state index contributed by atoms with van der Waals surface area (Å²) in [4.78, 5) is 12.0. The quantitative estimate of drug-likeness (QED) is 0.597. The van der Waals surface area contributed by atoms with E-state index < -0.39 is 0 Å². The van der Waals surface area contributed by atoms with Crippen LogP contribution in [0.3, 0.4) is 0 Å². The molecule has 148 valence electrons. The summed E-state index contributed by atoms with van der Waals surface area (Å²) in [6, 6.07) is 13.8. The highest BCUT2D eigenvalue weighted by Crippen LogP contribution is 2.32. The third kappa shape index (κ3) is 3.90. The van der Waals surface area contributed by atoms with Gasteiger partial charge in [-0.2, -0.15) is 5.26 Å². The Labute approximate surface area is 169 Å². The lowest BCUT2D eigenvalue weighted by Crippen LogP contribution is -2.15. The minimum atomic E-state index is -0.352. The van der Waals surface area contributed by atoms with E-state index in [0.29, 0.717) is 31.7 Å². The van der Waals surface area contributed by atoms with Crippen LogP contribution in [0, 0.1) is 11.3 Å². The first-order valence-electron chi connectivity index (χ1n) is 9.65. The van der Waals surface area contributed by atoms with Crippen molar-refractivity contribution < 1.29 is 19.0 Å². The molecule has 2 heterocycles. The molecule has 0 bridgehead atoms. The maximum atomic E-state index is 12.0. The molecule has 1 aromatic heterocycles. The number of ether oxygens (including phenoxy) is 3. The molecule has 6 nitrogen and oxygen atoms in total. The lowest BCUT2D eigenvalue weighted by molar-refractivity contribution is 0.0601. The van der Waals surface area contributed by atoms with Crippen LogP contribution >= 0.6 is 0 Å². The van der Waals surface area contributed by atoms with E-state index in [4.69, 9.17) is 19.5 Å². The molecule has 1 aliphatic rings. The molecular weight excluding hydrogens is 368 g/mol. The first-order valence-corrected chi connectivity index (χ1v) is 9.65. The molecule has 0 unspecified atom stereocenters. The summed E-state index contributed by atoms with van der Waals surface area (Å²) >= 11 is 0. The monoisotopic (exact) mass is 390 g/mol. The highest BCUT2D eigenvalue weighted by Gasteiger charge is 2.15. The van der Waals surface area contributed by atoms with E-state index in [1.54, 1.807) is 6.07 Å². The molecule has 3 aromatic rings. The Bertz CT molecular complexity index is 1090. The molecule has 6 heteroatoms. The third-order valence-corrected chi connectivity index (χ3v) is 5.14. The topological polar surface area (TPSA) is 73.5 Å². The van der Waals surface area contributed by atoms with Crippen molar-refractivity contribution in [1.29, 1.82) is 5.26 Å². The minimum absolute atomic E-state index is 0.352. The Morgan fingerprint density at radius 2 is 1.97 bits per heavy atom. The number of nitriles is 1. The van der Waals surface area contributed by atoms with Gasteiger partial charge in [0.2, 0.25) is 0 Å². The van der Waals surface area contributed by atoms with Crippen molar-refractivity contribution in [3.05, 3.63) is 59.3 Å². The van der Waals surface area contributed by atoms with Gasteiger partial charge >= 0.3 is 5.97 Å². The number of fused-ring (bicyclic) bond motifs is 2. The number of nitrogens with zero attached hydrogens (tertiary/aromatic N) is 2. The molecule has 0 atom stereocenters. The number of aromatic nitrogens is 1. The van der Waals surface area contributed by atoms with E-state index in [-0.39, 0.29) is 5.97 Å². The summed E-state index contributed by atoms with van der Waals surface area (Å²) in [7, 11) is 1.38. The first kappa shape index (κ1) is 18.9. The van der Waals surface area contributed by atoms with Crippen LogP contribution in [0.15, 0.2) is 42.6 Å². The molecule has 0 N–H and O–H groups in total. The summed E-state index contributed by atoms with van der Waals surface area (Å²) < 4.78 is 18.2. The van der Waals surface area contributed by atoms with E-state index >= 15 is 0 Å². The summed E-state index contributed by atoms with van der Waals surface area (Å²) in [5.41, 5.74) is 3.85. The molecule has 2 aromatic carbocycles. The van der Waals surface area contributed by atoms with Crippen molar-refractivity contribution in [3.63, 3.8) is 0 Å². The molecule has 0 fully saturated rings. The minimum Gasteiger partial charge on any atom is -0.486 e. The Balaban J connectivity index is 1.63. The summed E-state index contributed by atoms with van der Waals surface area (Å²) in [5, 5.41) is 9.97. The molecule has 29 heavy (non-hydrogen) atoms. The SMILES string of the molecule is COC(=O)c1ccc2c(c1)c(CCc1ccc3c(c1)OCCO3)cn2CCC#N. The van der Waals surface area contributed by atoms with Gasteiger partial charge in [-0.3, -0.25) is 0 Å². The fourth-order valence-electron chi connectivity index (χ4n) is 3.69. The van der Waals surface area contributed by atoms with Crippen LogP contribution in [0.25, 0.3) is 10.9 Å². The van der Waals surface area contributed by atoms with Crippen LogP contribution in [-0.4, -0.2) is 30.9 Å². The Hall–Kier alpha value is -3.46. The molecule has 4 rings (SSSR count). The van der Waals surface area contributed by atoms with Gasteiger partial charge in [-0.1, -0.05) is 6.07 Å². The Morgan fingerprint density at radius 1 is 1.14 bits per heavy atom. The van der Waals surface area contributed by atoms with Gasteiger partial charge in [0.1, 0.15) is 13.2 Å². The third-order valence-electron chi connectivity index (χ3n) is 5.14. The summed E-state index contributed by atoms with van der Waals surface area (Å²) in [6.45, 7) is 1.77. The number of hydrogen-bond donors (Lipinski definition) is 0. The number of methoxy groups -OCH3 is 1. The highest BCUT2D eigenvalue weighted by atomic mass is 16.6. The standard InChI is InChI=1S/C23H22N2O4/c1-27-23(26)17-6-7-20-19(14-17)18(15-25(20)10-2-9-24)5-3-16-4-8-21-22(13-16)29-12-11-28-21/h4,6-8,13-15H,2-3,5,10-12H2,1H3. The van der Waals surface area contributed by atoms with Gasteiger partial charge in [-0.05, 0) is 54.3 Å². The van der Waals surface area contributed by atoms with Gasteiger partial charge in [0.25, 0.3) is 0 Å². The normalized spacial score (nSPS) is 12.6. The van der Waals surface area contributed by atoms with Crippen molar-refractivity contribution in [2.75, 3.05) is 20.3 Å². The predicted octanol–water partition coefficient (Wildman–Crippen LogP) is 3.90. The lowest BCUT2D eigenvalue weighted by Gasteiger charge is -2.18. The zero-order chi connectivity index (χ0) is 20.2. The average Bonchev–Trinajstić information content (AvgIpc) is 3.12. The van der Waals surface area contributed by atoms with Crippen LogP contribution in [-0.2, 0) is 24.1 Å². The van der Waals surface area contributed by atoms with E-state index in [1.807, 2.05) is 24.3 Å². The molecule has 0 spiro atoms. The fourth-order valence-corrected chi connectivity index (χ4v) is 3.69. The zero-order valence-electron chi connectivity index (χ0n) is 16.3. The van der Waals surface area contributed by atoms with Gasteiger partial charge < -0.3 is 18.8 Å². The van der Waals surface area contributed by atoms with Crippen molar-refractivity contribution in [2.24, 2.45) is 0 Å². The van der Waals surface area contributed by atoms with Crippen LogP contribution in [0.2, 0.25) is 0 Å². The maximum Gasteiger partial charge on any atom is 0.337 e. The first-order chi connectivity index (χ1) is 14.2. The summed E-state index contributed by atoms with van der Waals surface area (Å²) in [6.07, 6.45) is 4.15. The zero-order valence-corrected chi connectivity index (χ0v) is 16.3. The molecule has 0 amide bonds. The molecular formula is C23H22N2O4. The Kier molecular flexibility index (Phi) is 5.39. The number of hydrogen-bond acceptors (Lipinski definition) is 5. The maximum absolute atomic E-state index is 12.0. The number of esters is 1. The average molecular weight is 390 g/mol. The molecule has 1 aliphatic heterocycles. The second kappa shape index (κ2) is 8.27. The van der Waals surface area contributed by atoms with Gasteiger partial charge in [0.15, 0.2) is 11.5 Å². The summed E-state index contributed by atoms with van der Waals surface area (Å²) in [5.74, 6) is 1.23. The van der Waals surface area contributed by atoms with Crippen LogP contribution in [0.5, 0.6) is 11.5 Å². The Morgan fingerprint density at radius 3 is 2.76 bits per heavy atom. The molecule has 0 aliphatic carbocycles. The largest absolute Gasteiger partial charge is 0.486 e. The second-order valence-corrected chi connectivity index (χ2v) is 6.96. The van der Waals surface area contributed by atoms with Crippen molar-refractivity contribution in [2.45, 2.75) is 25.8 Å². The van der Waals surface area contributed by atoms with Gasteiger partial charge in [0, 0.05) is 23.6 Å². The second-order valence-electron chi connectivity index (χ2n) is 6.96. The van der Waals surface area contributed by atoms with Crippen LogP contribution < -0.4 is 9.47 Å². The van der Waals surface area contributed by atoms with Crippen LogP contribution in [0.4, 0.5) is 0 Å². The van der Waals surface area contributed by atoms with Gasteiger partial charge in [0.05, 0.1) is 25.2 Å². The van der Waals surface area contributed by atoms with Crippen molar-refractivity contribution >= 4 is 16.9 Å². The van der Waals surface area contributed by atoms with E-state index in [0.717, 1.165) is 46.4 Å². The number of rotatable bonds is 6. The van der Waals surface area contributed by atoms with Gasteiger partial charge in [-0.15, -0.1) is 0 Å². The van der Waals surface area contributed by atoms with E-state index in [2.05, 4.69) is 22.9 Å².